The van der Waals surface area contributed by atoms with Gasteiger partial charge in [-0.3, -0.25) is 0 Å². The zero-order valence-corrected chi connectivity index (χ0v) is 7.18. The van der Waals surface area contributed by atoms with Crippen molar-refractivity contribution in [1.29, 1.82) is 0 Å². The summed E-state index contributed by atoms with van der Waals surface area (Å²) in [6, 6.07) is 0.667. The molecule has 64 valence electrons. The first-order valence-corrected chi connectivity index (χ1v) is 4.75. The lowest BCUT2D eigenvalue weighted by Gasteiger charge is -2.39. The van der Waals surface area contributed by atoms with Crippen LogP contribution in [0.4, 0.5) is 0 Å². The van der Waals surface area contributed by atoms with Crippen LogP contribution in [0.1, 0.15) is 32.6 Å². The van der Waals surface area contributed by atoms with E-state index in [1.165, 1.54) is 25.7 Å². The Morgan fingerprint density at radius 1 is 1.27 bits per heavy atom. The molecule has 1 saturated carbocycles. The highest BCUT2D eigenvalue weighted by Gasteiger charge is 2.30. The Bertz CT molecular complexity index is 138. The van der Waals surface area contributed by atoms with Gasteiger partial charge in [-0.15, -0.1) is 0 Å². The molecule has 1 aliphatic carbocycles. The quantitative estimate of drug-likeness (QED) is 0.569. The van der Waals surface area contributed by atoms with E-state index in [-0.39, 0.29) is 0 Å². The Morgan fingerprint density at radius 2 is 2.09 bits per heavy atom. The molecule has 1 aliphatic heterocycles. The fourth-order valence-corrected chi connectivity index (χ4v) is 2.16. The van der Waals surface area contributed by atoms with Gasteiger partial charge in [0, 0.05) is 12.6 Å². The SMILES string of the molecule is C[C@@H]1CN[C@H]2CCCC[C@@H]2O1. The molecule has 0 unspecified atom stereocenters. The lowest BCUT2D eigenvalue weighted by atomic mass is 9.91. The number of fused-ring (bicyclic) bond motifs is 1. The van der Waals surface area contributed by atoms with Crippen molar-refractivity contribution in [3.8, 4) is 0 Å². The Morgan fingerprint density at radius 3 is 3.00 bits per heavy atom. The maximum atomic E-state index is 5.83. The minimum Gasteiger partial charge on any atom is -0.372 e. The van der Waals surface area contributed by atoms with E-state index in [9.17, 15) is 0 Å². The molecule has 1 saturated heterocycles. The molecule has 0 aromatic carbocycles. The van der Waals surface area contributed by atoms with Crippen molar-refractivity contribution in [3.05, 3.63) is 0 Å². The second-order valence-electron chi connectivity index (χ2n) is 3.78. The number of morpholine rings is 1. The highest BCUT2D eigenvalue weighted by atomic mass is 16.5. The van der Waals surface area contributed by atoms with Crippen molar-refractivity contribution in [3.63, 3.8) is 0 Å². The standard InChI is InChI=1S/C9H17NO/c1-7-6-10-8-4-2-3-5-9(8)11-7/h7-10H,2-6H2,1H3/t7-,8+,9+/m1/s1. The molecule has 0 aromatic rings. The van der Waals surface area contributed by atoms with Crippen molar-refractivity contribution < 1.29 is 4.74 Å². The van der Waals surface area contributed by atoms with Crippen molar-refractivity contribution in [2.24, 2.45) is 0 Å². The van der Waals surface area contributed by atoms with Gasteiger partial charge < -0.3 is 10.1 Å². The van der Waals surface area contributed by atoms with E-state index in [2.05, 4.69) is 12.2 Å². The molecule has 2 heteroatoms. The number of ether oxygens (including phenoxy) is 1. The van der Waals surface area contributed by atoms with Crippen LogP contribution in [-0.4, -0.2) is 24.8 Å². The van der Waals surface area contributed by atoms with Crippen molar-refractivity contribution in [2.45, 2.75) is 50.9 Å². The van der Waals surface area contributed by atoms with Crippen LogP contribution in [0.5, 0.6) is 0 Å². The molecule has 0 radical (unpaired) electrons. The summed E-state index contributed by atoms with van der Waals surface area (Å²) < 4.78 is 5.83. The van der Waals surface area contributed by atoms with Crippen LogP contribution < -0.4 is 5.32 Å². The van der Waals surface area contributed by atoms with Crippen LogP contribution >= 0.6 is 0 Å². The van der Waals surface area contributed by atoms with Crippen LogP contribution in [0, 0.1) is 0 Å². The lowest BCUT2D eigenvalue weighted by Crippen LogP contribution is -2.52. The molecule has 1 heterocycles. The van der Waals surface area contributed by atoms with E-state index in [4.69, 9.17) is 4.74 Å². The smallest absolute Gasteiger partial charge is 0.0732 e. The first-order chi connectivity index (χ1) is 5.36. The minimum atomic E-state index is 0.425. The number of nitrogens with one attached hydrogen (secondary N) is 1. The van der Waals surface area contributed by atoms with Crippen LogP contribution in [0.25, 0.3) is 0 Å². The van der Waals surface area contributed by atoms with Gasteiger partial charge in [0.1, 0.15) is 0 Å². The predicted octanol–water partition coefficient (Wildman–Crippen LogP) is 1.31. The number of hydrogen-bond donors (Lipinski definition) is 1. The monoisotopic (exact) mass is 155 g/mol. The highest BCUT2D eigenvalue weighted by molar-refractivity contribution is 4.86. The summed E-state index contributed by atoms with van der Waals surface area (Å²) in [5.74, 6) is 0. The van der Waals surface area contributed by atoms with Gasteiger partial charge in [0.25, 0.3) is 0 Å². The fraction of sp³-hybridized carbons (Fsp3) is 1.00. The Labute approximate surface area is 68.3 Å². The first-order valence-electron chi connectivity index (χ1n) is 4.75. The summed E-state index contributed by atoms with van der Waals surface area (Å²) in [6.07, 6.45) is 6.27. The molecular formula is C9H17NO. The van der Waals surface area contributed by atoms with Gasteiger partial charge in [-0.2, -0.15) is 0 Å². The minimum absolute atomic E-state index is 0.425. The van der Waals surface area contributed by atoms with Crippen molar-refractivity contribution >= 4 is 0 Å². The third kappa shape index (κ3) is 1.57. The van der Waals surface area contributed by atoms with Crippen molar-refractivity contribution in [1.82, 2.24) is 5.32 Å². The maximum Gasteiger partial charge on any atom is 0.0732 e. The molecule has 2 nitrogen and oxygen atoms in total. The normalized spacial score (nSPS) is 45.0. The maximum absolute atomic E-state index is 5.83. The second-order valence-corrected chi connectivity index (χ2v) is 3.78. The van der Waals surface area contributed by atoms with Gasteiger partial charge in [-0.25, -0.2) is 0 Å². The molecule has 0 amide bonds. The Kier molecular flexibility index (Phi) is 2.14. The van der Waals surface area contributed by atoms with Gasteiger partial charge in [0.05, 0.1) is 12.2 Å². The third-order valence-corrected chi connectivity index (χ3v) is 2.78. The lowest BCUT2D eigenvalue weighted by molar-refractivity contribution is -0.0691. The van der Waals surface area contributed by atoms with Gasteiger partial charge in [0.15, 0.2) is 0 Å². The van der Waals surface area contributed by atoms with Gasteiger partial charge in [0.2, 0.25) is 0 Å². The van der Waals surface area contributed by atoms with E-state index in [1.54, 1.807) is 0 Å². The molecule has 1 N–H and O–H groups in total. The summed E-state index contributed by atoms with van der Waals surface area (Å²) in [6.45, 7) is 3.19. The highest BCUT2D eigenvalue weighted by Crippen LogP contribution is 2.24. The second kappa shape index (κ2) is 3.11. The summed E-state index contributed by atoms with van der Waals surface area (Å²) >= 11 is 0. The third-order valence-electron chi connectivity index (χ3n) is 2.78. The van der Waals surface area contributed by atoms with Gasteiger partial charge in [-0.05, 0) is 19.8 Å². The number of hydrogen-bond acceptors (Lipinski definition) is 2. The van der Waals surface area contributed by atoms with E-state index in [0.29, 0.717) is 18.2 Å². The van der Waals surface area contributed by atoms with E-state index in [1.807, 2.05) is 0 Å². The summed E-state index contributed by atoms with van der Waals surface area (Å²) in [5, 5.41) is 3.55. The summed E-state index contributed by atoms with van der Waals surface area (Å²) in [5.41, 5.74) is 0. The molecule has 2 rings (SSSR count). The number of rotatable bonds is 0. The average Bonchev–Trinajstić information content (AvgIpc) is 2.04. The summed E-state index contributed by atoms with van der Waals surface area (Å²) in [7, 11) is 0. The Balaban J connectivity index is 1.93. The van der Waals surface area contributed by atoms with Crippen molar-refractivity contribution in [2.75, 3.05) is 6.54 Å². The molecule has 0 aromatic heterocycles. The molecule has 2 fully saturated rings. The van der Waals surface area contributed by atoms with E-state index in [0.717, 1.165) is 6.54 Å². The summed E-state index contributed by atoms with van der Waals surface area (Å²) in [4.78, 5) is 0. The molecule has 3 atom stereocenters. The van der Waals surface area contributed by atoms with E-state index < -0.39 is 0 Å². The molecular weight excluding hydrogens is 138 g/mol. The zero-order valence-electron chi connectivity index (χ0n) is 7.18. The topological polar surface area (TPSA) is 21.3 Å². The van der Waals surface area contributed by atoms with Gasteiger partial charge in [-0.1, -0.05) is 12.8 Å². The predicted molar refractivity (Wildman–Crippen MR) is 44.6 cm³/mol. The van der Waals surface area contributed by atoms with Crippen LogP contribution in [0.2, 0.25) is 0 Å². The average molecular weight is 155 g/mol. The fourth-order valence-electron chi connectivity index (χ4n) is 2.16. The van der Waals surface area contributed by atoms with E-state index >= 15 is 0 Å². The van der Waals surface area contributed by atoms with Crippen LogP contribution in [-0.2, 0) is 4.74 Å². The van der Waals surface area contributed by atoms with Gasteiger partial charge >= 0.3 is 0 Å². The van der Waals surface area contributed by atoms with Crippen LogP contribution in [0.15, 0.2) is 0 Å². The molecule has 0 bridgehead atoms. The van der Waals surface area contributed by atoms with Crippen LogP contribution in [0.3, 0.4) is 0 Å². The largest absolute Gasteiger partial charge is 0.372 e. The molecule has 2 aliphatic rings. The molecule has 11 heavy (non-hydrogen) atoms. The zero-order chi connectivity index (χ0) is 7.68. The molecule has 0 spiro atoms. The Hall–Kier alpha value is -0.0800. The first kappa shape index (κ1) is 7.56.